The molecule has 0 fully saturated rings. The lowest BCUT2D eigenvalue weighted by Gasteiger charge is -2.09. The summed E-state index contributed by atoms with van der Waals surface area (Å²) in [6.07, 6.45) is 7.31. The molecule has 0 saturated carbocycles. The highest BCUT2D eigenvalue weighted by molar-refractivity contribution is 7.13. The maximum absolute atomic E-state index is 12.1. The predicted molar refractivity (Wildman–Crippen MR) is 82.1 cm³/mol. The number of hydrogen-bond donors (Lipinski definition) is 2. The second-order valence-corrected chi connectivity index (χ2v) is 6.18. The molecule has 0 bridgehead atoms. The minimum absolute atomic E-state index is 0.121. The molecule has 21 heavy (non-hydrogen) atoms. The summed E-state index contributed by atoms with van der Waals surface area (Å²) in [5.41, 5.74) is 6.14. The molecule has 0 aromatic carbocycles. The molecule has 0 spiro atoms. The number of aromatic nitrogens is 1. The maximum Gasteiger partial charge on any atom is 0.263 e. The van der Waals surface area contributed by atoms with Crippen LogP contribution in [0.1, 0.15) is 52.6 Å². The number of amides is 1. The largest absolute Gasteiger partial charge is 0.351 e. The lowest BCUT2D eigenvalue weighted by atomic mass is 10.0. The Labute approximate surface area is 128 Å². The van der Waals surface area contributed by atoms with Gasteiger partial charge in [-0.25, -0.2) is 4.98 Å². The Hall–Kier alpha value is -1.78. The van der Waals surface area contributed by atoms with Crippen molar-refractivity contribution in [2.24, 2.45) is 16.0 Å². The van der Waals surface area contributed by atoms with Gasteiger partial charge in [0.1, 0.15) is 9.88 Å². The van der Waals surface area contributed by atoms with Crippen LogP contribution in [0.4, 0.5) is 0 Å². The van der Waals surface area contributed by atoms with Gasteiger partial charge in [-0.15, -0.1) is 23.7 Å². The Morgan fingerprint density at radius 2 is 2.24 bits per heavy atom. The Balaban J connectivity index is 1.84. The summed E-state index contributed by atoms with van der Waals surface area (Å²) in [5.74, 6) is 2.46. The van der Waals surface area contributed by atoms with Gasteiger partial charge in [0.25, 0.3) is 5.91 Å². The Morgan fingerprint density at radius 1 is 1.52 bits per heavy atom. The van der Waals surface area contributed by atoms with E-state index in [0.717, 1.165) is 11.4 Å². The number of thiazole rings is 1. The highest BCUT2D eigenvalue weighted by atomic mass is 32.1. The fourth-order valence-electron chi connectivity index (χ4n) is 1.95. The van der Waals surface area contributed by atoms with Gasteiger partial charge < -0.3 is 11.1 Å². The van der Waals surface area contributed by atoms with Crippen LogP contribution < -0.4 is 11.1 Å². The van der Waals surface area contributed by atoms with Gasteiger partial charge >= 0.3 is 0 Å². The zero-order chi connectivity index (χ0) is 15.5. The number of aryl methyl sites for hydroxylation is 1. The predicted octanol–water partition coefficient (Wildman–Crippen LogP) is 2.17. The molecule has 0 aliphatic carbocycles. The van der Waals surface area contributed by atoms with Crippen LogP contribution in [0.3, 0.4) is 0 Å². The van der Waals surface area contributed by atoms with Gasteiger partial charge in [0.15, 0.2) is 5.66 Å². The first-order chi connectivity index (χ1) is 9.97. The molecule has 1 aromatic rings. The molecule has 112 valence electrons. The van der Waals surface area contributed by atoms with Crippen LogP contribution >= 0.6 is 11.3 Å². The van der Waals surface area contributed by atoms with E-state index in [9.17, 15) is 4.79 Å². The number of nitrogens with two attached hydrogens (primary N) is 1. The van der Waals surface area contributed by atoms with Crippen LogP contribution in [-0.2, 0) is 0 Å². The van der Waals surface area contributed by atoms with Crippen molar-refractivity contribution < 1.29 is 4.79 Å². The molecule has 1 aliphatic heterocycles. The van der Waals surface area contributed by atoms with Gasteiger partial charge in [-0.05, 0) is 13.8 Å². The van der Waals surface area contributed by atoms with E-state index in [0.29, 0.717) is 30.0 Å². The number of carbonyl (C=O) groups is 1. The summed E-state index contributed by atoms with van der Waals surface area (Å²) in [6.45, 7) is 4.18. The van der Waals surface area contributed by atoms with Gasteiger partial charge in [0.05, 0.1) is 11.7 Å². The number of terminal acetylenes is 1. The first kappa shape index (κ1) is 15.6. The van der Waals surface area contributed by atoms with Gasteiger partial charge in [-0.1, -0.05) is 0 Å². The molecule has 1 amide bonds. The molecular formula is C14H19N5OS. The van der Waals surface area contributed by atoms with Crippen molar-refractivity contribution in [3.63, 3.8) is 0 Å². The lowest BCUT2D eigenvalue weighted by molar-refractivity contribution is 0.0955. The van der Waals surface area contributed by atoms with Crippen molar-refractivity contribution >= 4 is 17.2 Å². The van der Waals surface area contributed by atoms with E-state index in [2.05, 4.69) is 26.4 Å². The third-order valence-electron chi connectivity index (χ3n) is 3.27. The Kier molecular flexibility index (Phi) is 4.70. The highest BCUT2D eigenvalue weighted by Gasteiger charge is 2.38. The average Bonchev–Trinajstić information content (AvgIpc) is 3.09. The van der Waals surface area contributed by atoms with Crippen LogP contribution in [-0.4, -0.2) is 23.1 Å². The summed E-state index contributed by atoms with van der Waals surface area (Å²) in [4.78, 5) is 17.1. The molecule has 2 rings (SSSR count). The molecule has 0 saturated heterocycles. The first-order valence-electron chi connectivity index (χ1n) is 6.86. The molecule has 7 heteroatoms. The van der Waals surface area contributed by atoms with Crippen molar-refractivity contribution in [1.82, 2.24) is 10.3 Å². The van der Waals surface area contributed by atoms with E-state index in [-0.39, 0.29) is 17.6 Å². The molecule has 3 N–H and O–H groups in total. The minimum atomic E-state index is -0.362. The number of nitrogens with zero attached hydrogens (tertiary/aromatic N) is 3. The summed E-state index contributed by atoms with van der Waals surface area (Å²) in [7, 11) is 0. The molecule has 1 unspecified atom stereocenters. The Bertz CT molecular complexity index is 593. The molecule has 1 aliphatic rings. The SMILES string of the molecule is C#CCCC1(CCNC(=O)c2sc(C(C)N)nc2C)N=N1. The second-order valence-electron chi connectivity index (χ2n) is 5.15. The monoisotopic (exact) mass is 305 g/mol. The number of hydrogen-bond acceptors (Lipinski definition) is 6. The van der Waals surface area contributed by atoms with Crippen LogP contribution in [0.25, 0.3) is 0 Å². The Morgan fingerprint density at radius 3 is 2.76 bits per heavy atom. The first-order valence-corrected chi connectivity index (χ1v) is 7.68. The summed E-state index contributed by atoms with van der Waals surface area (Å²) >= 11 is 1.34. The highest BCUT2D eigenvalue weighted by Crippen LogP contribution is 2.36. The molecule has 6 nitrogen and oxygen atoms in total. The standard InChI is InChI=1S/C14H19N5OS/c1-4-5-6-14(18-19-14)7-8-16-12(20)11-10(3)17-13(21-11)9(2)15/h1,9H,5-8,15H2,2-3H3,(H,16,20). The molecule has 1 aromatic heterocycles. The topological polar surface area (TPSA) is 92.7 Å². The third kappa shape index (κ3) is 3.86. The van der Waals surface area contributed by atoms with E-state index < -0.39 is 0 Å². The molecule has 0 radical (unpaired) electrons. The lowest BCUT2D eigenvalue weighted by Crippen LogP contribution is -2.28. The average molecular weight is 305 g/mol. The van der Waals surface area contributed by atoms with Crippen LogP contribution in [0.2, 0.25) is 0 Å². The number of carbonyl (C=O) groups excluding carboxylic acids is 1. The number of rotatable bonds is 7. The summed E-state index contributed by atoms with van der Waals surface area (Å²) in [6, 6.07) is -0.161. The zero-order valence-electron chi connectivity index (χ0n) is 12.2. The van der Waals surface area contributed by atoms with E-state index in [4.69, 9.17) is 12.2 Å². The van der Waals surface area contributed by atoms with Crippen molar-refractivity contribution in [2.45, 2.75) is 44.8 Å². The fourth-order valence-corrected chi connectivity index (χ4v) is 2.88. The number of nitrogens with one attached hydrogen (secondary N) is 1. The van der Waals surface area contributed by atoms with Crippen LogP contribution in [0.15, 0.2) is 10.2 Å². The summed E-state index contributed by atoms with van der Waals surface area (Å²) in [5, 5.41) is 11.7. The zero-order valence-corrected chi connectivity index (χ0v) is 13.0. The van der Waals surface area contributed by atoms with Gasteiger partial charge in [0, 0.05) is 25.8 Å². The van der Waals surface area contributed by atoms with Crippen molar-refractivity contribution in [2.75, 3.05) is 6.54 Å². The quantitative estimate of drug-likeness (QED) is 0.756. The van der Waals surface area contributed by atoms with Gasteiger partial charge in [-0.3, -0.25) is 4.79 Å². The van der Waals surface area contributed by atoms with Crippen LogP contribution in [0, 0.1) is 19.3 Å². The van der Waals surface area contributed by atoms with Crippen molar-refractivity contribution in [1.29, 1.82) is 0 Å². The van der Waals surface area contributed by atoms with E-state index in [1.807, 2.05) is 13.8 Å². The van der Waals surface area contributed by atoms with E-state index >= 15 is 0 Å². The normalized spacial score (nSPS) is 16.3. The second kappa shape index (κ2) is 6.33. The van der Waals surface area contributed by atoms with Gasteiger partial charge in [0.2, 0.25) is 0 Å². The molecule has 2 heterocycles. The van der Waals surface area contributed by atoms with Crippen LogP contribution in [0.5, 0.6) is 0 Å². The minimum Gasteiger partial charge on any atom is -0.351 e. The van der Waals surface area contributed by atoms with E-state index in [1.165, 1.54) is 11.3 Å². The van der Waals surface area contributed by atoms with Gasteiger partial charge in [-0.2, -0.15) is 10.2 Å². The van der Waals surface area contributed by atoms with Crippen molar-refractivity contribution in [3.05, 3.63) is 15.6 Å². The smallest absolute Gasteiger partial charge is 0.263 e. The van der Waals surface area contributed by atoms with E-state index in [1.54, 1.807) is 0 Å². The van der Waals surface area contributed by atoms with Crippen molar-refractivity contribution in [3.8, 4) is 12.3 Å². The molecular weight excluding hydrogens is 286 g/mol. The maximum atomic E-state index is 12.1. The fraction of sp³-hybridized carbons (Fsp3) is 0.571. The summed E-state index contributed by atoms with van der Waals surface area (Å²) < 4.78 is 0. The third-order valence-corrected chi connectivity index (χ3v) is 4.63. The molecule has 1 atom stereocenters.